The molecule has 3 aliphatic rings. The van der Waals surface area contributed by atoms with Crippen LogP contribution in [0.5, 0.6) is 0 Å². The number of ether oxygens (including phenoxy) is 1. The Hall–Kier alpha value is -1.79. The van der Waals surface area contributed by atoms with Gasteiger partial charge in [0, 0.05) is 6.42 Å². The van der Waals surface area contributed by atoms with Crippen LogP contribution in [0.25, 0.3) is 0 Å². The van der Waals surface area contributed by atoms with Crippen LogP contribution >= 0.6 is 0 Å². The summed E-state index contributed by atoms with van der Waals surface area (Å²) < 4.78 is 5.36. The molecule has 1 fully saturated rings. The van der Waals surface area contributed by atoms with Crippen LogP contribution in [0, 0.1) is 0 Å². The Morgan fingerprint density at radius 3 is 2.90 bits per heavy atom. The standard InChI is InChI=1S/C10H15N5O6/c11-8-13-7(18)9(19)10(20,14-8)15(3-12-9)6-1-4(17)5(2-16)21-6/h3-6,16-17,19-20H,1-2H2,(H3,11,13,14,18)/t4-,5+,6+,9?,10?/m0/s1. The van der Waals surface area contributed by atoms with Gasteiger partial charge in [0.2, 0.25) is 0 Å². The molecule has 0 spiro atoms. The van der Waals surface area contributed by atoms with Crippen molar-refractivity contribution < 1.29 is 30.0 Å². The summed E-state index contributed by atoms with van der Waals surface area (Å²) in [5.41, 5.74) is 2.83. The van der Waals surface area contributed by atoms with Gasteiger partial charge in [0.15, 0.2) is 5.96 Å². The van der Waals surface area contributed by atoms with E-state index in [4.69, 9.17) is 15.6 Å². The number of carbonyl (C=O) groups excluding carboxylic acids is 1. The monoisotopic (exact) mass is 301 g/mol. The fraction of sp³-hybridized carbons (Fsp3) is 0.700. The number of aliphatic hydroxyl groups excluding tert-OH is 2. The van der Waals surface area contributed by atoms with Crippen molar-refractivity contribution in [2.24, 2.45) is 15.7 Å². The lowest BCUT2D eigenvalue weighted by molar-refractivity contribution is -0.224. The van der Waals surface area contributed by atoms with Gasteiger partial charge in [-0.15, -0.1) is 0 Å². The van der Waals surface area contributed by atoms with Crippen LogP contribution < -0.4 is 11.1 Å². The first kappa shape index (κ1) is 14.2. The Bertz CT molecular complexity index is 540. The molecule has 0 radical (unpaired) electrons. The van der Waals surface area contributed by atoms with Gasteiger partial charge in [0.1, 0.15) is 12.3 Å². The lowest BCUT2D eigenvalue weighted by Crippen LogP contribution is -2.70. The van der Waals surface area contributed by atoms with E-state index >= 15 is 0 Å². The Balaban J connectivity index is 1.94. The first-order chi connectivity index (χ1) is 9.81. The molecule has 5 atom stereocenters. The van der Waals surface area contributed by atoms with E-state index in [0.717, 1.165) is 11.2 Å². The summed E-state index contributed by atoms with van der Waals surface area (Å²) in [5, 5.41) is 41.7. The van der Waals surface area contributed by atoms with Crippen LogP contribution in [0.3, 0.4) is 0 Å². The van der Waals surface area contributed by atoms with Crippen LogP contribution in [-0.2, 0) is 9.53 Å². The SMILES string of the molecule is NC1=NC2(O)N([C@H]3C[C@H](O)[C@@H](CO)O3)C=NC2(O)C(=O)N1. The van der Waals surface area contributed by atoms with Crippen molar-refractivity contribution in [2.75, 3.05) is 6.61 Å². The van der Waals surface area contributed by atoms with Crippen molar-refractivity contribution in [3.63, 3.8) is 0 Å². The summed E-state index contributed by atoms with van der Waals surface area (Å²) >= 11 is 0. The summed E-state index contributed by atoms with van der Waals surface area (Å²) in [6.07, 6.45) is -1.74. The largest absolute Gasteiger partial charge is 0.394 e. The van der Waals surface area contributed by atoms with E-state index in [1.54, 1.807) is 0 Å². The molecular weight excluding hydrogens is 286 g/mol. The van der Waals surface area contributed by atoms with Crippen molar-refractivity contribution in [1.29, 1.82) is 0 Å². The summed E-state index contributed by atoms with van der Waals surface area (Å²) in [6.45, 7) is -0.419. The molecule has 0 bridgehead atoms. The van der Waals surface area contributed by atoms with Crippen molar-refractivity contribution in [3.8, 4) is 0 Å². The average molecular weight is 301 g/mol. The van der Waals surface area contributed by atoms with Crippen LogP contribution in [0.2, 0.25) is 0 Å². The van der Waals surface area contributed by atoms with Gasteiger partial charge in [-0.25, -0.2) is 4.99 Å². The van der Waals surface area contributed by atoms with Crippen molar-refractivity contribution in [3.05, 3.63) is 0 Å². The van der Waals surface area contributed by atoms with E-state index in [2.05, 4.69) is 15.3 Å². The Labute approximate surface area is 118 Å². The van der Waals surface area contributed by atoms with Crippen LogP contribution in [-0.4, -0.2) is 80.1 Å². The van der Waals surface area contributed by atoms with Crippen molar-refractivity contribution in [2.45, 2.75) is 36.4 Å². The number of hydrogen-bond acceptors (Lipinski definition) is 10. The van der Waals surface area contributed by atoms with Gasteiger partial charge in [-0.2, -0.15) is 4.99 Å². The second-order valence-corrected chi connectivity index (χ2v) is 5.03. The first-order valence-corrected chi connectivity index (χ1v) is 6.21. The summed E-state index contributed by atoms with van der Waals surface area (Å²) in [4.78, 5) is 20.0. The van der Waals surface area contributed by atoms with Crippen molar-refractivity contribution >= 4 is 18.2 Å². The lowest BCUT2D eigenvalue weighted by atomic mass is 10.1. The third kappa shape index (κ3) is 1.76. The van der Waals surface area contributed by atoms with Gasteiger partial charge >= 0.3 is 11.6 Å². The van der Waals surface area contributed by atoms with Gasteiger partial charge < -0.3 is 30.9 Å². The molecule has 0 aromatic heterocycles. The molecule has 116 valence electrons. The molecule has 11 heteroatoms. The molecule has 7 N–H and O–H groups in total. The first-order valence-electron chi connectivity index (χ1n) is 6.21. The highest BCUT2D eigenvalue weighted by atomic mass is 16.6. The minimum atomic E-state index is -2.57. The maximum absolute atomic E-state index is 11.8. The second-order valence-electron chi connectivity index (χ2n) is 5.03. The number of nitrogens with zero attached hydrogens (tertiary/aromatic N) is 3. The zero-order chi connectivity index (χ0) is 15.4. The minimum absolute atomic E-state index is 0.0205. The second kappa shape index (κ2) is 4.35. The zero-order valence-corrected chi connectivity index (χ0v) is 10.7. The van der Waals surface area contributed by atoms with E-state index < -0.39 is 42.5 Å². The van der Waals surface area contributed by atoms with E-state index in [1.165, 1.54) is 0 Å². The van der Waals surface area contributed by atoms with Crippen LogP contribution in [0.4, 0.5) is 0 Å². The van der Waals surface area contributed by atoms with E-state index in [-0.39, 0.29) is 12.4 Å². The Morgan fingerprint density at radius 2 is 2.29 bits per heavy atom. The predicted octanol–water partition coefficient (Wildman–Crippen LogP) is -4.42. The van der Waals surface area contributed by atoms with E-state index in [9.17, 15) is 20.1 Å². The van der Waals surface area contributed by atoms with Gasteiger partial charge in [0.05, 0.1) is 19.0 Å². The molecule has 11 nitrogen and oxygen atoms in total. The number of nitrogens with two attached hydrogens (primary N) is 1. The van der Waals surface area contributed by atoms with Gasteiger partial charge in [-0.3, -0.25) is 15.0 Å². The fourth-order valence-electron chi connectivity index (χ4n) is 2.56. The zero-order valence-electron chi connectivity index (χ0n) is 10.7. The smallest absolute Gasteiger partial charge is 0.310 e. The van der Waals surface area contributed by atoms with E-state index in [0.29, 0.717) is 0 Å². The highest BCUT2D eigenvalue weighted by molar-refractivity contribution is 6.04. The van der Waals surface area contributed by atoms with Gasteiger partial charge in [-0.05, 0) is 0 Å². The highest BCUT2D eigenvalue weighted by Crippen LogP contribution is 2.39. The molecule has 1 saturated heterocycles. The fourth-order valence-corrected chi connectivity index (χ4v) is 2.56. The molecule has 3 rings (SSSR count). The van der Waals surface area contributed by atoms with E-state index in [1.807, 2.05) is 0 Å². The van der Waals surface area contributed by atoms with Crippen LogP contribution in [0.1, 0.15) is 6.42 Å². The third-order valence-corrected chi connectivity index (χ3v) is 3.73. The summed E-state index contributed by atoms with van der Waals surface area (Å²) in [6, 6.07) is 0. The maximum Gasteiger partial charge on any atom is 0.310 e. The number of nitrogens with one attached hydrogen (secondary N) is 1. The minimum Gasteiger partial charge on any atom is -0.394 e. The molecule has 2 unspecified atom stereocenters. The quantitative estimate of drug-likeness (QED) is 0.296. The maximum atomic E-state index is 11.8. The number of rotatable bonds is 2. The highest BCUT2D eigenvalue weighted by Gasteiger charge is 2.67. The van der Waals surface area contributed by atoms with Gasteiger partial charge in [-0.1, -0.05) is 0 Å². The molecule has 3 aliphatic heterocycles. The summed E-state index contributed by atoms with van der Waals surface area (Å²) in [7, 11) is 0. The normalized spacial score (nSPS) is 45.5. The molecule has 0 aromatic carbocycles. The number of hydrogen-bond donors (Lipinski definition) is 6. The number of guanidine groups is 1. The number of aliphatic imine (C=N–C) groups is 2. The average Bonchev–Trinajstić information content (AvgIpc) is 2.89. The predicted molar refractivity (Wildman–Crippen MR) is 66.4 cm³/mol. The van der Waals surface area contributed by atoms with Gasteiger partial charge in [0.25, 0.3) is 5.91 Å². The molecule has 0 saturated carbocycles. The van der Waals surface area contributed by atoms with Crippen molar-refractivity contribution in [1.82, 2.24) is 10.2 Å². The molecule has 3 heterocycles. The van der Waals surface area contributed by atoms with Crippen LogP contribution in [0.15, 0.2) is 9.98 Å². The Morgan fingerprint density at radius 1 is 1.57 bits per heavy atom. The molecule has 0 aromatic rings. The Kier molecular flexibility index (Phi) is 2.93. The third-order valence-electron chi connectivity index (χ3n) is 3.73. The number of aliphatic hydroxyl groups is 4. The number of fused-ring (bicyclic) bond motifs is 1. The topological polar surface area (TPSA) is 173 Å². The summed E-state index contributed by atoms with van der Waals surface area (Å²) in [5.74, 6) is -3.90. The molecular formula is C10H15N5O6. The molecule has 0 aliphatic carbocycles. The lowest BCUT2D eigenvalue weighted by Gasteiger charge is -2.41. The molecule has 21 heavy (non-hydrogen) atoms. The number of amides is 1. The molecule has 1 amide bonds. The number of carbonyl (C=O) groups is 1.